The molecule has 1 saturated heterocycles. The predicted octanol–water partition coefficient (Wildman–Crippen LogP) is 5.02. The first-order valence-electron chi connectivity index (χ1n) is 12.5. The molecule has 0 atom stereocenters. The number of carbonyl (C=O) groups excluding carboxylic acids is 1. The van der Waals surface area contributed by atoms with Gasteiger partial charge in [0, 0.05) is 51.1 Å². The fourth-order valence-corrected chi connectivity index (χ4v) is 3.98. The number of fused-ring (bicyclic) bond motifs is 1. The molecule has 0 aliphatic carbocycles. The van der Waals surface area contributed by atoms with E-state index < -0.39 is 18.0 Å². The number of hydrogen-bond acceptors (Lipinski definition) is 8. The number of benzene rings is 1. The van der Waals surface area contributed by atoms with Gasteiger partial charge in [0.25, 0.3) is 5.91 Å². The van der Waals surface area contributed by atoms with Gasteiger partial charge in [-0.15, -0.1) is 0 Å². The van der Waals surface area contributed by atoms with Gasteiger partial charge in [-0.25, -0.2) is 24.1 Å². The summed E-state index contributed by atoms with van der Waals surface area (Å²) in [7, 11) is 3.37. The molecule has 1 fully saturated rings. The van der Waals surface area contributed by atoms with Gasteiger partial charge in [-0.1, -0.05) is 11.6 Å². The summed E-state index contributed by atoms with van der Waals surface area (Å²) in [4.78, 5) is 38.7. The Balaban J connectivity index is 0.000000587. The van der Waals surface area contributed by atoms with Crippen LogP contribution in [0.15, 0.2) is 30.5 Å². The number of carbonyl (C=O) groups is 2. The molecule has 4 rings (SSSR count). The number of carboxylic acids is 1. The molecular formula is C26H29ClF4N6O4. The number of piperidine rings is 1. The Morgan fingerprint density at radius 2 is 1.78 bits per heavy atom. The van der Waals surface area contributed by atoms with E-state index in [0.29, 0.717) is 53.5 Å². The quantitative estimate of drug-likeness (QED) is 0.376. The standard InChI is InChI=1S/C24H28ClFN6O2.C2HF3O2/c1-14(2)28-22-23(30-20-13-27-19(12-18(20)29-22)24(33)31(3)4)32-9-7-16(8-10-32)34-21-6-5-15(25)11-17(21)26;3-2(4,5)1(6)7/h5-6,11-14,16H,7-10H2,1-4H3,(H,28,29);(H,6,7). The van der Waals surface area contributed by atoms with Gasteiger partial charge in [-0.3, -0.25) is 4.79 Å². The molecule has 2 aromatic heterocycles. The van der Waals surface area contributed by atoms with E-state index in [1.54, 1.807) is 38.5 Å². The van der Waals surface area contributed by atoms with Crippen molar-refractivity contribution in [1.29, 1.82) is 0 Å². The summed E-state index contributed by atoms with van der Waals surface area (Å²) in [5.41, 5.74) is 1.53. The molecule has 222 valence electrons. The number of amides is 1. The van der Waals surface area contributed by atoms with Crippen LogP contribution in [0.25, 0.3) is 11.0 Å². The molecule has 1 amide bonds. The minimum absolute atomic E-state index is 0.108. The zero-order valence-electron chi connectivity index (χ0n) is 22.7. The highest BCUT2D eigenvalue weighted by molar-refractivity contribution is 6.30. The highest BCUT2D eigenvalue weighted by Gasteiger charge is 2.38. The summed E-state index contributed by atoms with van der Waals surface area (Å²) in [6.45, 7) is 5.42. The van der Waals surface area contributed by atoms with Crippen LogP contribution in [0.1, 0.15) is 37.2 Å². The second-order valence-electron chi connectivity index (χ2n) is 9.63. The molecule has 1 aromatic carbocycles. The lowest BCUT2D eigenvalue weighted by molar-refractivity contribution is -0.192. The molecule has 2 N–H and O–H groups in total. The summed E-state index contributed by atoms with van der Waals surface area (Å²) >= 11 is 5.83. The van der Waals surface area contributed by atoms with E-state index >= 15 is 0 Å². The van der Waals surface area contributed by atoms with Crippen LogP contribution in [0.5, 0.6) is 5.75 Å². The third-order valence-electron chi connectivity index (χ3n) is 5.75. The first-order valence-corrected chi connectivity index (χ1v) is 12.9. The number of anilines is 2. The molecule has 1 aliphatic heterocycles. The molecule has 3 aromatic rings. The molecule has 0 spiro atoms. The fourth-order valence-electron chi connectivity index (χ4n) is 3.82. The Kier molecular flexibility index (Phi) is 10.1. The first-order chi connectivity index (χ1) is 19.1. The molecule has 1 aliphatic rings. The van der Waals surface area contributed by atoms with Crippen molar-refractivity contribution < 1.29 is 37.0 Å². The van der Waals surface area contributed by atoms with Gasteiger partial charge in [0.1, 0.15) is 17.3 Å². The van der Waals surface area contributed by atoms with E-state index in [9.17, 15) is 22.4 Å². The van der Waals surface area contributed by atoms with Crippen LogP contribution in [-0.2, 0) is 4.79 Å². The number of ether oxygens (including phenoxy) is 1. The lowest BCUT2D eigenvalue weighted by atomic mass is 10.1. The van der Waals surface area contributed by atoms with Gasteiger partial charge in [0.15, 0.2) is 23.2 Å². The molecule has 0 bridgehead atoms. The normalized spacial score (nSPS) is 14.0. The molecule has 0 radical (unpaired) electrons. The van der Waals surface area contributed by atoms with Gasteiger partial charge < -0.3 is 25.0 Å². The maximum absolute atomic E-state index is 14.1. The van der Waals surface area contributed by atoms with E-state index in [1.807, 2.05) is 13.8 Å². The van der Waals surface area contributed by atoms with Crippen molar-refractivity contribution in [2.75, 3.05) is 37.4 Å². The van der Waals surface area contributed by atoms with Crippen molar-refractivity contribution >= 4 is 46.1 Å². The Bertz CT molecular complexity index is 1400. The van der Waals surface area contributed by atoms with Crippen LogP contribution >= 0.6 is 11.6 Å². The van der Waals surface area contributed by atoms with E-state index in [2.05, 4.69) is 15.2 Å². The second-order valence-corrected chi connectivity index (χ2v) is 10.1. The number of halogens is 5. The summed E-state index contributed by atoms with van der Waals surface area (Å²) in [5.74, 6) is -1.81. The summed E-state index contributed by atoms with van der Waals surface area (Å²) < 4.78 is 51.7. The number of alkyl halides is 3. The minimum Gasteiger partial charge on any atom is -0.487 e. The maximum Gasteiger partial charge on any atom is 0.490 e. The average Bonchev–Trinajstić information content (AvgIpc) is 2.89. The number of aliphatic carboxylic acids is 1. The van der Waals surface area contributed by atoms with Crippen molar-refractivity contribution in [3.63, 3.8) is 0 Å². The number of pyridine rings is 1. The Morgan fingerprint density at radius 1 is 1.15 bits per heavy atom. The average molecular weight is 601 g/mol. The number of hydrogen-bond donors (Lipinski definition) is 2. The van der Waals surface area contributed by atoms with Crippen molar-refractivity contribution in [1.82, 2.24) is 19.9 Å². The van der Waals surface area contributed by atoms with Crippen LogP contribution in [0.4, 0.5) is 29.2 Å². The van der Waals surface area contributed by atoms with Gasteiger partial charge in [-0.05, 0) is 38.1 Å². The lowest BCUT2D eigenvalue weighted by Crippen LogP contribution is -2.39. The van der Waals surface area contributed by atoms with Crippen molar-refractivity contribution in [2.45, 2.75) is 45.0 Å². The Labute approximate surface area is 238 Å². The third-order valence-corrected chi connectivity index (χ3v) is 5.99. The van der Waals surface area contributed by atoms with Crippen molar-refractivity contribution in [3.8, 4) is 5.75 Å². The zero-order chi connectivity index (χ0) is 30.5. The van der Waals surface area contributed by atoms with E-state index in [4.69, 9.17) is 36.2 Å². The van der Waals surface area contributed by atoms with Crippen LogP contribution in [0.2, 0.25) is 5.02 Å². The highest BCUT2D eigenvalue weighted by Crippen LogP contribution is 2.30. The largest absolute Gasteiger partial charge is 0.490 e. The van der Waals surface area contributed by atoms with Gasteiger partial charge in [-0.2, -0.15) is 13.2 Å². The topological polar surface area (TPSA) is 121 Å². The van der Waals surface area contributed by atoms with Crippen LogP contribution < -0.4 is 15.0 Å². The second kappa shape index (κ2) is 13.1. The van der Waals surface area contributed by atoms with Gasteiger partial charge in [0.05, 0.1) is 11.7 Å². The van der Waals surface area contributed by atoms with Gasteiger partial charge >= 0.3 is 12.1 Å². The van der Waals surface area contributed by atoms with E-state index in [1.165, 1.54) is 11.0 Å². The van der Waals surface area contributed by atoms with Crippen molar-refractivity contribution in [3.05, 3.63) is 47.0 Å². The minimum atomic E-state index is -5.08. The SMILES string of the molecule is CC(C)Nc1nc2cc(C(=O)N(C)C)ncc2nc1N1CCC(Oc2ccc(Cl)cc2F)CC1.O=C(O)C(F)(F)F. The number of nitrogens with one attached hydrogen (secondary N) is 1. The van der Waals surface area contributed by atoms with E-state index in [0.717, 1.165) is 5.82 Å². The smallest absolute Gasteiger partial charge is 0.487 e. The first kappa shape index (κ1) is 31.6. The number of rotatable bonds is 6. The van der Waals surface area contributed by atoms with Crippen LogP contribution in [-0.4, -0.2) is 82.3 Å². The predicted molar refractivity (Wildman–Crippen MR) is 145 cm³/mol. The highest BCUT2D eigenvalue weighted by atomic mass is 35.5. The molecular weight excluding hydrogens is 572 g/mol. The summed E-state index contributed by atoms with van der Waals surface area (Å²) in [6, 6.07) is 6.25. The summed E-state index contributed by atoms with van der Waals surface area (Å²) in [5, 5.41) is 10.8. The van der Waals surface area contributed by atoms with Crippen LogP contribution in [0, 0.1) is 5.82 Å². The molecule has 15 heteroatoms. The molecule has 0 unspecified atom stereocenters. The Morgan fingerprint density at radius 3 is 2.32 bits per heavy atom. The molecule has 3 heterocycles. The van der Waals surface area contributed by atoms with Crippen molar-refractivity contribution in [2.24, 2.45) is 0 Å². The Hall–Kier alpha value is -3.94. The molecule has 10 nitrogen and oxygen atoms in total. The fraction of sp³-hybridized carbons (Fsp3) is 0.423. The number of nitrogens with zero attached hydrogens (tertiary/aromatic N) is 5. The zero-order valence-corrected chi connectivity index (χ0v) is 23.4. The lowest BCUT2D eigenvalue weighted by Gasteiger charge is -2.34. The van der Waals surface area contributed by atoms with E-state index in [-0.39, 0.29) is 23.8 Å². The monoisotopic (exact) mass is 600 g/mol. The molecule has 41 heavy (non-hydrogen) atoms. The third kappa shape index (κ3) is 8.52. The van der Waals surface area contributed by atoms with Gasteiger partial charge in [0.2, 0.25) is 0 Å². The summed E-state index contributed by atoms with van der Waals surface area (Å²) in [6.07, 6.45) is -2.20. The maximum atomic E-state index is 14.1. The molecule has 0 saturated carbocycles. The van der Waals surface area contributed by atoms with Crippen LogP contribution in [0.3, 0.4) is 0 Å². The number of carboxylic acid groups (broad SMARTS) is 1. The number of aromatic nitrogens is 3.